The normalized spacial score (nSPS) is 11.6. The zero-order valence-electron chi connectivity index (χ0n) is 15.8. The number of aryl methyl sites for hydroxylation is 1. The largest absolute Gasteiger partial charge is 0.434 e. The first kappa shape index (κ1) is 21.6. The number of guanidine groups is 1. The number of alkyl halides is 2. The van der Waals surface area contributed by atoms with Gasteiger partial charge in [-0.2, -0.15) is 8.78 Å². The van der Waals surface area contributed by atoms with Gasteiger partial charge in [-0.15, -0.1) is 0 Å². The number of aliphatic imine (C=N–C) groups is 1. The lowest BCUT2D eigenvalue weighted by atomic mass is 10.1. The summed E-state index contributed by atoms with van der Waals surface area (Å²) in [6.45, 7) is 1.58. The summed E-state index contributed by atoms with van der Waals surface area (Å²) in [5, 5.41) is 15.3. The first-order valence-electron chi connectivity index (χ1n) is 8.87. The summed E-state index contributed by atoms with van der Waals surface area (Å²) >= 11 is 0. The number of nitrogens with zero attached hydrogens (tertiary/aromatic N) is 1. The molecule has 8 heteroatoms. The van der Waals surface area contributed by atoms with E-state index in [2.05, 4.69) is 20.4 Å². The van der Waals surface area contributed by atoms with Crippen LogP contribution >= 0.6 is 0 Å². The zero-order valence-corrected chi connectivity index (χ0v) is 15.8. The highest BCUT2D eigenvalue weighted by Crippen LogP contribution is 2.22. The molecule has 0 bridgehead atoms. The number of aliphatic hydroxyl groups is 1. The van der Waals surface area contributed by atoms with Gasteiger partial charge in [0.2, 0.25) is 0 Å². The topological polar surface area (TPSA) is 65.9 Å². The van der Waals surface area contributed by atoms with Gasteiger partial charge in [0.1, 0.15) is 11.6 Å². The van der Waals surface area contributed by atoms with Crippen LogP contribution in [0.5, 0.6) is 5.75 Å². The molecule has 0 aromatic heterocycles. The van der Waals surface area contributed by atoms with Crippen molar-refractivity contribution in [2.75, 3.05) is 6.54 Å². The van der Waals surface area contributed by atoms with E-state index < -0.39 is 12.4 Å². The molecule has 28 heavy (non-hydrogen) atoms. The number of hydrogen-bond donors (Lipinski definition) is 3. The Kier molecular flexibility index (Phi) is 8.13. The molecular formula is C20H24F3N3O2. The highest BCUT2D eigenvalue weighted by Gasteiger charge is 2.10. The summed E-state index contributed by atoms with van der Waals surface area (Å²) < 4.78 is 43.2. The number of benzene rings is 2. The van der Waals surface area contributed by atoms with E-state index in [1.54, 1.807) is 24.3 Å². The lowest BCUT2D eigenvalue weighted by molar-refractivity contribution is -0.0504. The number of halogens is 3. The molecule has 0 unspecified atom stereocenters. The van der Waals surface area contributed by atoms with Gasteiger partial charge in [0.25, 0.3) is 0 Å². The average Bonchev–Trinajstić information content (AvgIpc) is 2.66. The number of aliphatic hydroxyl groups excluding tert-OH is 1. The van der Waals surface area contributed by atoms with Crippen LogP contribution in [0, 0.1) is 12.7 Å². The smallest absolute Gasteiger partial charge is 0.387 e. The molecule has 2 aromatic rings. The Morgan fingerprint density at radius 1 is 1.14 bits per heavy atom. The second-order valence-corrected chi connectivity index (χ2v) is 6.12. The Morgan fingerprint density at radius 3 is 2.61 bits per heavy atom. The molecule has 0 atom stereocenters. The summed E-state index contributed by atoms with van der Waals surface area (Å²) in [5.74, 6) is 0.114. The second-order valence-electron chi connectivity index (χ2n) is 6.12. The standard InChI is InChI=1S/C20H24F3N3O2/c1-3-24-20(25-10-14-5-6-17(21)16(9-14)12-27)26-11-15-8-13(2)4-7-18(15)28-19(22)23/h4-9,19,27H,3,10-12H2,1-2H3,(H2,24,25,26). The van der Waals surface area contributed by atoms with Crippen molar-refractivity contribution in [3.05, 3.63) is 64.5 Å². The van der Waals surface area contributed by atoms with E-state index in [0.29, 0.717) is 18.1 Å². The average molecular weight is 395 g/mol. The lowest BCUT2D eigenvalue weighted by Gasteiger charge is -2.15. The maximum absolute atomic E-state index is 13.5. The number of rotatable bonds is 8. The van der Waals surface area contributed by atoms with Crippen molar-refractivity contribution in [1.82, 2.24) is 10.6 Å². The summed E-state index contributed by atoms with van der Waals surface area (Å²) in [5.41, 5.74) is 2.44. The van der Waals surface area contributed by atoms with Gasteiger partial charge in [0.05, 0.1) is 13.2 Å². The maximum atomic E-state index is 13.5. The van der Waals surface area contributed by atoms with E-state index in [1.165, 1.54) is 12.1 Å². The fraction of sp³-hybridized carbons (Fsp3) is 0.350. The van der Waals surface area contributed by atoms with E-state index in [-0.39, 0.29) is 31.0 Å². The van der Waals surface area contributed by atoms with Gasteiger partial charge in [-0.3, -0.25) is 0 Å². The van der Waals surface area contributed by atoms with Crippen LogP contribution in [0.2, 0.25) is 0 Å². The van der Waals surface area contributed by atoms with Gasteiger partial charge in [0.15, 0.2) is 5.96 Å². The molecule has 0 fully saturated rings. The van der Waals surface area contributed by atoms with Crippen LogP contribution in [0.4, 0.5) is 13.2 Å². The van der Waals surface area contributed by atoms with Crippen molar-refractivity contribution in [2.45, 2.75) is 40.2 Å². The third-order valence-electron chi connectivity index (χ3n) is 3.92. The van der Waals surface area contributed by atoms with Crippen LogP contribution in [0.3, 0.4) is 0 Å². The van der Waals surface area contributed by atoms with Crippen molar-refractivity contribution in [2.24, 2.45) is 4.99 Å². The molecule has 3 N–H and O–H groups in total. The van der Waals surface area contributed by atoms with Crippen molar-refractivity contribution in [1.29, 1.82) is 0 Å². The van der Waals surface area contributed by atoms with E-state index in [9.17, 15) is 13.2 Å². The molecular weight excluding hydrogens is 371 g/mol. The monoisotopic (exact) mass is 395 g/mol. The van der Waals surface area contributed by atoms with Crippen LogP contribution in [0.1, 0.15) is 29.2 Å². The zero-order chi connectivity index (χ0) is 20.5. The SMILES string of the molecule is CCNC(=NCc1ccc(F)c(CO)c1)NCc1cc(C)ccc1OC(F)F. The molecule has 0 radical (unpaired) electrons. The second kappa shape index (κ2) is 10.6. The number of hydrogen-bond acceptors (Lipinski definition) is 3. The third kappa shape index (κ3) is 6.45. The summed E-state index contributed by atoms with van der Waals surface area (Å²) in [6.07, 6.45) is 0. The van der Waals surface area contributed by atoms with E-state index in [1.807, 2.05) is 13.8 Å². The van der Waals surface area contributed by atoms with Gasteiger partial charge < -0.3 is 20.5 Å². The fourth-order valence-corrected chi connectivity index (χ4v) is 2.60. The molecule has 0 amide bonds. The molecule has 0 saturated carbocycles. The van der Waals surface area contributed by atoms with Crippen LogP contribution in [0.15, 0.2) is 41.4 Å². The minimum absolute atomic E-state index is 0.107. The van der Waals surface area contributed by atoms with E-state index >= 15 is 0 Å². The van der Waals surface area contributed by atoms with Gasteiger partial charge in [-0.05, 0) is 37.6 Å². The highest BCUT2D eigenvalue weighted by molar-refractivity contribution is 5.79. The maximum Gasteiger partial charge on any atom is 0.387 e. The predicted octanol–water partition coefficient (Wildman–Crippen LogP) is 3.48. The van der Waals surface area contributed by atoms with Crippen molar-refractivity contribution >= 4 is 5.96 Å². The van der Waals surface area contributed by atoms with Crippen LogP contribution in [-0.2, 0) is 19.7 Å². The molecule has 0 aliphatic carbocycles. The molecule has 5 nitrogen and oxygen atoms in total. The van der Waals surface area contributed by atoms with E-state index in [4.69, 9.17) is 5.11 Å². The highest BCUT2D eigenvalue weighted by atomic mass is 19.3. The van der Waals surface area contributed by atoms with E-state index in [0.717, 1.165) is 11.1 Å². The Balaban J connectivity index is 2.10. The molecule has 152 valence electrons. The van der Waals surface area contributed by atoms with Gasteiger partial charge >= 0.3 is 6.61 Å². The number of nitrogens with one attached hydrogen (secondary N) is 2. The molecule has 0 aliphatic heterocycles. The summed E-state index contributed by atoms with van der Waals surface area (Å²) in [7, 11) is 0. The Labute approximate surface area is 162 Å². The predicted molar refractivity (Wildman–Crippen MR) is 102 cm³/mol. The van der Waals surface area contributed by atoms with Crippen molar-refractivity contribution in [3.8, 4) is 5.75 Å². The summed E-state index contributed by atoms with van der Waals surface area (Å²) in [6, 6.07) is 9.42. The molecule has 0 spiro atoms. The molecule has 0 aliphatic rings. The van der Waals surface area contributed by atoms with Crippen LogP contribution in [0.25, 0.3) is 0 Å². The lowest BCUT2D eigenvalue weighted by Crippen LogP contribution is -2.36. The quantitative estimate of drug-likeness (QED) is 0.473. The summed E-state index contributed by atoms with van der Waals surface area (Å²) in [4.78, 5) is 4.42. The Bertz CT molecular complexity index is 813. The van der Waals surface area contributed by atoms with Gasteiger partial charge in [0, 0.05) is 24.2 Å². The molecule has 2 rings (SSSR count). The Morgan fingerprint density at radius 2 is 1.93 bits per heavy atom. The Hall–Kier alpha value is -2.74. The first-order valence-corrected chi connectivity index (χ1v) is 8.87. The molecule has 0 heterocycles. The minimum atomic E-state index is -2.90. The molecule has 2 aromatic carbocycles. The minimum Gasteiger partial charge on any atom is -0.434 e. The van der Waals surface area contributed by atoms with Crippen molar-refractivity contribution in [3.63, 3.8) is 0 Å². The first-order chi connectivity index (χ1) is 13.4. The van der Waals surface area contributed by atoms with Crippen molar-refractivity contribution < 1.29 is 23.0 Å². The van der Waals surface area contributed by atoms with Crippen LogP contribution in [-0.4, -0.2) is 24.2 Å². The number of ether oxygens (including phenoxy) is 1. The molecule has 0 saturated heterocycles. The van der Waals surface area contributed by atoms with Gasteiger partial charge in [-0.25, -0.2) is 9.38 Å². The third-order valence-corrected chi connectivity index (χ3v) is 3.92. The fourth-order valence-electron chi connectivity index (χ4n) is 2.60. The van der Waals surface area contributed by atoms with Crippen LogP contribution < -0.4 is 15.4 Å². The van der Waals surface area contributed by atoms with Gasteiger partial charge in [-0.1, -0.05) is 23.8 Å².